The number of carbonyl (C=O) groups is 2. The van der Waals surface area contributed by atoms with Gasteiger partial charge in [-0.05, 0) is 23.6 Å². The molecular weight excluding hydrogens is 234 g/mol. The first-order chi connectivity index (χ1) is 8.45. The van der Waals surface area contributed by atoms with E-state index < -0.39 is 18.4 Å². The fraction of sp³-hybridized carbons (Fsp3) is 0.385. The lowest BCUT2D eigenvalue weighted by molar-refractivity contribution is -0.135. The molecule has 98 valence electrons. The van der Waals surface area contributed by atoms with Gasteiger partial charge in [0.1, 0.15) is 12.3 Å². The Bertz CT molecular complexity index is 454. The summed E-state index contributed by atoms with van der Waals surface area (Å²) in [7, 11) is 1.48. The number of rotatable bonds is 5. The van der Waals surface area contributed by atoms with Gasteiger partial charge in [-0.3, -0.25) is 9.59 Å². The van der Waals surface area contributed by atoms with E-state index in [1.165, 1.54) is 7.11 Å². The Labute approximate surface area is 106 Å². The molecular formula is C13H17NO4. The van der Waals surface area contributed by atoms with Crippen LogP contribution in [0.15, 0.2) is 18.2 Å². The fourth-order valence-electron chi connectivity index (χ4n) is 1.51. The molecule has 1 aromatic carbocycles. The van der Waals surface area contributed by atoms with E-state index in [1.54, 1.807) is 12.1 Å². The average molecular weight is 251 g/mol. The molecule has 1 amide bonds. The second kappa shape index (κ2) is 6.05. The van der Waals surface area contributed by atoms with Crippen molar-refractivity contribution >= 4 is 11.9 Å². The van der Waals surface area contributed by atoms with Crippen LogP contribution in [0.1, 0.15) is 35.7 Å². The zero-order chi connectivity index (χ0) is 13.7. The summed E-state index contributed by atoms with van der Waals surface area (Å²) in [6.45, 7) is 3.67. The molecule has 0 saturated carbocycles. The van der Waals surface area contributed by atoms with Gasteiger partial charge in [0.15, 0.2) is 0 Å². The van der Waals surface area contributed by atoms with Crippen molar-refractivity contribution in [2.24, 2.45) is 0 Å². The maximum absolute atomic E-state index is 11.8. The molecule has 0 aliphatic carbocycles. The SMILES string of the molecule is COc1cc(C(C)C)ccc1C(=O)NCC(=O)O. The molecule has 0 spiro atoms. The smallest absolute Gasteiger partial charge is 0.322 e. The van der Waals surface area contributed by atoms with Crippen LogP contribution in [-0.2, 0) is 4.79 Å². The van der Waals surface area contributed by atoms with Gasteiger partial charge in [0.25, 0.3) is 5.91 Å². The van der Waals surface area contributed by atoms with Crippen LogP contribution < -0.4 is 10.1 Å². The number of hydrogen-bond donors (Lipinski definition) is 2. The van der Waals surface area contributed by atoms with Crippen LogP contribution in [-0.4, -0.2) is 30.6 Å². The first-order valence-electron chi connectivity index (χ1n) is 5.63. The molecule has 0 bridgehead atoms. The summed E-state index contributed by atoms with van der Waals surface area (Å²) in [5.41, 5.74) is 1.39. The van der Waals surface area contributed by atoms with Gasteiger partial charge >= 0.3 is 5.97 Å². The second-order valence-corrected chi connectivity index (χ2v) is 4.19. The van der Waals surface area contributed by atoms with E-state index in [4.69, 9.17) is 9.84 Å². The quantitative estimate of drug-likeness (QED) is 0.834. The van der Waals surface area contributed by atoms with E-state index in [1.807, 2.05) is 19.9 Å². The molecule has 0 aliphatic rings. The van der Waals surface area contributed by atoms with Crippen molar-refractivity contribution in [1.82, 2.24) is 5.32 Å². The third-order valence-electron chi connectivity index (χ3n) is 2.54. The maximum Gasteiger partial charge on any atom is 0.322 e. The van der Waals surface area contributed by atoms with E-state index in [9.17, 15) is 9.59 Å². The number of hydrogen-bond acceptors (Lipinski definition) is 3. The lowest BCUT2D eigenvalue weighted by atomic mass is 10.0. The topological polar surface area (TPSA) is 75.6 Å². The molecule has 0 unspecified atom stereocenters. The highest BCUT2D eigenvalue weighted by Crippen LogP contribution is 2.24. The van der Waals surface area contributed by atoms with Gasteiger partial charge in [-0.1, -0.05) is 19.9 Å². The van der Waals surface area contributed by atoms with Gasteiger partial charge in [0, 0.05) is 0 Å². The average Bonchev–Trinajstić information content (AvgIpc) is 2.34. The Morgan fingerprint density at radius 2 is 2.06 bits per heavy atom. The van der Waals surface area contributed by atoms with Crippen LogP contribution in [0.3, 0.4) is 0 Å². The lowest BCUT2D eigenvalue weighted by Crippen LogP contribution is -2.29. The van der Waals surface area contributed by atoms with E-state index in [2.05, 4.69) is 5.32 Å². The molecule has 0 aromatic heterocycles. The first kappa shape index (κ1) is 14.0. The lowest BCUT2D eigenvalue weighted by Gasteiger charge is -2.12. The highest BCUT2D eigenvalue weighted by molar-refractivity contribution is 5.98. The summed E-state index contributed by atoms with van der Waals surface area (Å²) >= 11 is 0. The number of amides is 1. The van der Waals surface area contributed by atoms with Gasteiger partial charge in [0.2, 0.25) is 0 Å². The van der Waals surface area contributed by atoms with E-state index in [0.29, 0.717) is 17.2 Å². The number of benzene rings is 1. The van der Waals surface area contributed by atoms with Crippen LogP contribution in [0.25, 0.3) is 0 Å². The van der Waals surface area contributed by atoms with Crippen molar-refractivity contribution in [1.29, 1.82) is 0 Å². The Balaban J connectivity index is 2.94. The summed E-state index contributed by atoms with van der Waals surface area (Å²) in [6.07, 6.45) is 0. The highest BCUT2D eigenvalue weighted by atomic mass is 16.5. The number of ether oxygens (including phenoxy) is 1. The molecule has 0 fully saturated rings. The van der Waals surface area contributed by atoms with Crippen LogP contribution in [0.5, 0.6) is 5.75 Å². The summed E-state index contributed by atoms with van der Waals surface area (Å²) in [6, 6.07) is 5.27. The normalized spacial score (nSPS) is 10.2. The molecule has 0 radical (unpaired) electrons. The Morgan fingerprint density at radius 1 is 1.39 bits per heavy atom. The zero-order valence-corrected chi connectivity index (χ0v) is 10.7. The minimum atomic E-state index is -1.08. The number of carboxylic acids is 1. The molecule has 18 heavy (non-hydrogen) atoms. The van der Waals surface area contributed by atoms with Crippen molar-refractivity contribution in [3.05, 3.63) is 29.3 Å². The van der Waals surface area contributed by atoms with E-state index in [-0.39, 0.29) is 0 Å². The third-order valence-corrected chi connectivity index (χ3v) is 2.54. The predicted molar refractivity (Wildman–Crippen MR) is 67.1 cm³/mol. The summed E-state index contributed by atoms with van der Waals surface area (Å²) in [5, 5.41) is 10.8. The molecule has 5 heteroatoms. The van der Waals surface area contributed by atoms with Gasteiger partial charge < -0.3 is 15.2 Å². The zero-order valence-electron chi connectivity index (χ0n) is 10.7. The number of carboxylic acid groups (broad SMARTS) is 1. The molecule has 2 N–H and O–H groups in total. The Hall–Kier alpha value is -2.04. The maximum atomic E-state index is 11.8. The van der Waals surface area contributed by atoms with Gasteiger partial charge in [-0.2, -0.15) is 0 Å². The standard InChI is InChI=1S/C13H17NO4/c1-8(2)9-4-5-10(11(6-9)18-3)13(17)14-7-12(15)16/h4-6,8H,7H2,1-3H3,(H,14,17)(H,15,16). The molecule has 0 heterocycles. The molecule has 1 rings (SSSR count). The van der Waals surface area contributed by atoms with Crippen molar-refractivity contribution < 1.29 is 19.4 Å². The minimum absolute atomic E-state index is 0.329. The number of nitrogens with one attached hydrogen (secondary N) is 1. The Kier molecular flexibility index (Phi) is 4.71. The van der Waals surface area contributed by atoms with Crippen LogP contribution in [0.4, 0.5) is 0 Å². The van der Waals surface area contributed by atoms with Crippen LogP contribution >= 0.6 is 0 Å². The number of methoxy groups -OCH3 is 1. The predicted octanol–water partition coefficient (Wildman–Crippen LogP) is 1.63. The second-order valence-electron chi connectivity index (χ2n) is 4.19. The van der Waals surface area contributed by atoms with Gasteiger partial charge in [-0.25, -0.2) is 0 Å². The molecule has 0 saturated heterocycles. The first-order valence-corrected chi connectivity index (χ1v) is 5.63. The van der Waals surface area contributed by atoms with Gasteiger partial charge in [0.05, 0.1) is 12.7 Å². The van der Waals surface area contributed by atoms with Crippen LogP contribution in [0.2, 0.25) is 0 Å². The molecule has 1 aromatic rings. The highest BCUT2D eigenvalue weighted by Gasteiger charge is 2.14. The van der Waals surface area contributed by atoms with Crippen molar-refractivity contribution in [3.63, 3.8) is 0 Å². The largest absolute Gasteiger partial charge is 0.496 e. The Morgan fingerprint density at radius 3 is 2.56 bits per heavy atom. The summed E-state index contributed by atoms with van der Waals surface area (Å²) in [5.74, 6) is -0.759. The molecule has 0 atom stereocenters. The van der Waals surface area contributed by atoms with E-state index in [0.717, 1.165) is 5.56 Å². The van der Waals surface area contributed by atoms with E-state index >= 15 is 0 Å². The van der Waals surface area contributed by atoms with Gasteiger partial charge in [-0.15, -0.1) is 0 Å². The minimum Gasteiger partial charge on any atom is -0.496 e. The molecule has 0 aliphatic heterocycles. The van der Waals surface area contributed by atoms with Crippen molar-refractivity contribution in [3.8, 4) is 5.75 Å². The van der Waals surface area contributed by atoms with Crippen molar-refractivity contribution in [2.75, 3.05) is 13.7 Å². The van der Waals surface area contributed by atoms with Crippen LogP contribution in [0, 0.1) is 0 Å². The summed E-state index contributed by atoms with van der Waals surface area (Å²) < 4.78 is 5.16. The van der Waals surface area contributed by atoms with Crippen molar-refractivity contribution in [2.45, 2.75) is 19.8 Å². The summed E-state index contributed by atoms with van der Waals surface area (Å²) in [4.78, 5) is 22.1. The molecule has 5 nitrogen and oxygen atoms in total. The fourth-order valence-corrected chi connectivity index (χ4v) is 1.51. The monoisotopic (exact) mass is 251 g/mol. The third kappa shape index (κ3) is 3.48. The number of aliphatic carboxylic acids is 1. The number of carbonyl (C=O) groups excluding carboxylic acids is 1.